The molecule has 0 radical (unpaired) electrons. The summed E-state index contributed by atoms with van der Waals surface area (Å²) in [6, 6.07) is 0. The van der Waals surface area contributed by atoms with E-state index in [1.807, 2.05) is 25.6 Å². The van der Waals surface area contributed by atoms with Gasteiger partial charge in [-0.3, -0.25) is 0 Å². The van der Waals surface area contributed by atoms with Crippen molar-refractivity contribution in [2.45, 2.75) is 45.4 Å². The number of nitrogens with zero attached hydrogens (tertiary/aromatic N) is 1. The molecule has 1 heterocycles. The number of aryl methyl sites for hydroxylation is 1. The summed E-state index contributed by atoms with van der Waals surface area (Å²) in [5.74, 6) is 2.23. The second kappa shape index (κ2) is 5.32. The quantitative estimate of drug-likeness (QED) is 0.808. The summed E-state index contributed by atoms with van der Waals surface area (Å²) >= 11 is 3.71. The van der Waals surface area contributed by atoms with Gasteiger partial charge in [0.2, 0.25) is 0 Å². The molecule has 1 rings (SSSR count). The fourth-order valence-corrected chi connectivity index (χ4v) is 3.45. The van der Waals surface area contributed by atoms with Crippen LogP contribution in [0, 0.1) is 6.92 Å². The maximum absolute atomic E-state index is 6.09. The highest BCUT2D eigenvalue weighted by atomic mass is 32.2. The van der Waals surface area contributed by atoms with E-state index in [0.717, 1.165) is 11.4 Å². The molecule has 0 saturated carbocycles. The van der Waals surface area contributed by atoms with Gasteiger partial charge in [0.15, 0.2) is 0 Å². The third kappa shape index (κ3) is 3.78. The molecule has 0 aromatic carbocycles. The monoisotopic (exact) mass is 244 g/mol. The first kappa shape index (κ1) is 13.0. The molecule has 0 bridgehead atoms. The first-order chi connectivity index (χ1) is 6.95. The Hall–Kier alpha value is -0.0600. The molecule has 86 valence electrons. The van der Waals surface area contributed by atoms with Gasteiger partial charge in [-0.1, -0.05) is 6.92 Å². The van der Waals surface area contributed by atoms with Crippen molar-refractivity contribution in [2.75, 3.05) is 5.75 Å². The van der Waals surface area contributed by atoms with E-state index in [1.54, 1.807) is 11.3 Å². The average molecular weight is 244 g/mol. The highest BCUT2D eigenvalue weighted by Crippen LogP contribution is 2.29. The van der Waals surface area contributed by atoms with Crippen LogP contribution < -0.4 is 5.73 Å². The van der Waals surface area contributed by atoms with E-state index in [9.17, 15) is 0 Å². The summed E-state index contributed by atoms with van der Waals surface area (Å²) < 4.78 is 0. The summed E-state index contributed by atoms with van der Waals surface area (Å²) in [5, 5.41) is 1.21. The number of thiazole rings is 1. The molecule has 0 amide bonds. The first-order valence-electron chi connectivity index (χ1n) is 5.28. The van der Waals surface area contributed by atoms with Crippen LogP contribution in [0.25, 0.3) is 0 Å². The maximum Gasteiger partial charge on any atom is 0.103 e. The van der Waals surface area contributed by atoms with Crippen LogP contribution in [0.1, 0.15) is 42.8 Å². The third-order valence-electron chi connectivity index (χ3n) is 2.00. The van der Waals surface area contributed by atoms with Crippen LogP contribution in [0.4, 0.5) is 0 Å². The minimum atomic E-state index is -0.255. The fourth-order valence-electron chi connectivity index (χ4n) is 1.42. The van der Waals surface area contributed by atoms with Gasteiger partial charge in [0.1, 0.15) is 5.01 Å². The zero-order valence-corrected chi connectivity index (χ0v) is 11.6. The molecular weight excluding hydrogens is 224 g/mol. The molecule has 1 aromatic rings. The minimum absolute atomic E-state index is 0.255. The highest BCUT2D eigenvalue weighted by Gasteiger charge is 2.20. The molecule has 0 saturated heterocycles. The lowest BCUT2D eigenvalue weighted by molar-refractivity contribution is 0.562. The zero-order valence-electron chi connectivity index (χ0n) is 9.96. The number of thioether (sulfide) groups is 1. The van der Waals surface area contributed by atoms with Gasteiger partial charge in [0.05, 0.1) is 5.69 Å². The third-order valence-corrected chi connectivity index (χ3v) is 4.85. The van der Waals surface area contributed by atoms with Gasteiger partial charge in [0.25, 0.3) is 0 Å². The number of aromatic nitrogens is 1. The van der Waals surface area contributed by atoms with E-state index in [0.29, 0.717) is 0 Å². The van der Waals surface area contributed by atoms with Gasteiger partial charge >= 0.3 is 0 Å². The predicted octanol–water partition coefficient (Wildman–Crippen LogP) is 3.29. The van der Waals surface area contributed by atoms with Crippen molar-refractivity contribution < 1.29 is 0 Å². The van der Waals surface area contributed by atoms with E-state index in [1.165, 1.54) is 22.1 Å². The van der Waals surface area contributed by atoms with Crippen LogP contribution in [-0.4, -0.2) is 10.7 Å². The van der Waals surface area contributed by atoms with Gasteiger partial charge in [0, 0.05) is 16.2 Å². The van der Waals surface area contributed by atoms with Gasteiger partial charge in [-0.2, -0.15) is 11.8 Å². The van der Waals surface area contributed by atoms with Crippen LogP contribution in [0.2, 0.25) is 0 Å². The Bertz CT molecular complexity index is 313. The molecule has 0 aliphatic rings. The SMILES string of the molecule is CCCSCc1nc(C)c(C(C)(C)N)s1. The van der Waals surface area contributed by atoms with E-state index < -0.39 is 0 Å². The molecule has 0 atom stereocenters. The standard InChI is InChI=1S/C11H20N2S2/c1-5-6-14-7-9-13-8(2)10(15-9)11(3,4)12/h5-7,12H2,1-4H3. The topological polar surface area (TPSA) is 38.9 Å². The van der Waals surface area contributed by atoms with E-state index in [-0.39, 0.29) is 5.54 Å². The van der Waals surface area contributed by atoms with E-state index >= 15 is 0 Å². The Kier molecular flexibility index (Phi) is 4.62. The van der Waals surface area contributed by atoms with Crippen molar-refractivity contribution in [2.24, 2.45) is 5.73 Å². The number of hydrogen-bond donors (Lipinski definition) is 1. The maximum atomic E-state index is 6.09. The van der Waals surface area contributed by atoms with Crippen LogP contribution in [0.3, 0.4) is 0 Å². The molecule has 0 aliphatic heterocycles. The summed E-state index contributed by atoms with van der Waals surface area (Å²) in [7, 11) is 0. The van der Waals surface area contributed by atoms with Crippen molar-refractivity contribution in [1.29, 1.82) is 0 Å². The van der Waals surface area contributed by atoms with Crippen molar-refractivity contribution >= 4 is 23.1 Å². The molecule has 2 N–H and O–H groups in total. The van der Waals surface area contributed by atoms with Crippen molar-refractivity contribution in [3.8, 4) is 0 Å². The summed E-state index contributed by atoms with van der Waals surface area (Å²) in [4.78, 5) is 5.78. The summed E-state index contributed by atoms with van der Waals surface area (Å²) in [6.07, 6.45) is 1.23. The molecule has 0 fully saturated rings. The zero-order chi connectivity index (χ0) is 11.5. The normalized spacial score (nSPS) is 12.1. The molecular formula is C11H20N2S2. The lowest BCUT2D eigenvalue weighted by Gasteiger charge is -2.16. The molecule has 2 nitrogen and oxygen atoms in total. The van der Waals surface area contributed by atoms with E-state index in [2.05, 4.69) is 18.8 Å². The van der Waals surface area contributed by atoms with Gasteiger partial charge in [-0.25, -0.2) is 4.98 Å². The second-order valence-electron chi connectivity index (χ2n) is 4.30. The van der Waals surface area contributed by atoms with Crippen LogP contribution in [0.15, 0.2) is 0 Å². The minimum Gasteiger partial charge on any atom is -0.321 e. The Balaban J connectivity index is 2.69. The molecule has 0 spiro atoms. The summed E-state index contributed by atoms with van der Waals surface area (Å²) in [5.41, 5.74) is 6.93. The number of hydrogen-bond acceptors (Lipinski definition) is 4. The largest absolute Gasteiger partial charge is 0.321 e. The smallest absolute Gasteiger partial charge is 0.103 e. The Morgan fingerprint density at radius 2 is 2.13 bits per heavy atom. The summed E-state index contributed by atoms with van der Waals surface area (Å²) in [6.45, 7) is 8.33. The molecule has 15 heavy (non-hydrogen) atoms. The first-order valence-corrected chi connectivity index (χ1v) is 7.25. The average Bonchev–Trinajstić information content (AvgIpc) is 2.47. The van der Waals surface area contributed by atoms with Crippen LogP contribution in [0.5, 0.6) is 0 Å². The number of nitrogens with two attached hydrogens (primary N) is 1. The van der Waals surface area contributed by atoms with Gasteiger partial charge in [-0.05, 0) is 32.9 Å². The van der Waals surface area contributed by atoms with Crippen molar-refractivity contribution in [3.05, 3.63) is 15.6 Å². The molecule has 0 unspecified atom stereocenters. The van der Waals surface area contributed by atoms with Crippen molar-refractivity contribution in [1.82, 2.24) is 4.98 Å². The van der Waals surface area contributed by atoms with Crippen LogP contribution in [-0.2, 0) is 11.3 Å². The Morgan fingerprint density at radius 3 is 2.60 bits per heavy atom. The Labute approximate surface area is 101 Å². The van der Waals surface area contributed by atoms with Crippen LogP contribution >= 0.6 is 23.1 Å². The number of rotatable bonds is 5. The lowest BCUT2D eigenvalue weighted by atomic mass is 10.0. The van der Waals surface area contributed by atoms with E-state index in [4.69, 9.17) is 5.73 Å². The van der Waals surface area contributed by atoms with Crippen molar-refractivity contribution in [3.63, 3.8) is 0 Å². The highest BCUT2D eigenvalue weighted by molar-refractivity contribution is 7.98. The fraction of sp³-hybridized carbons (Fsp3) is 0.727. The lowest BCUT2D eigenvalue weighted by Crippen LogP contribution is -2.28. The second-order valence-corrected chi connectivity index (χ2v) is 6.49. The predicted molar refractivity (Wildman–Crippen MR) is 70.5 cm³/mol. The Morgan fingerprint density at radius 1 is 1.47 bits per heavy atom. The van der Waals surface area contributed by atoms with Gasteiger partial charge < -0.3 is 5.73 Å². The molecule has 4 heteroatoms. The molecule has 1 aromatic heterocycles. The molecule has 0 aliphatic carbocycles. The van der Waals surface area contributed by atoms with Gasteiger partial charge in [-0.15, -0.1) is 11.3 Å².